The number of hydrogen-bond acceptors (Lipinski definition) is 4. The van der Waals surface area contributed by atoms with Crippen molar-refractivity contribution in [3.8, 4) is 0 Å². The molecule has 0 saturated carbocycles. The van der Waals surface area contributed by atoms with Gasteiger partial charge in [-0.1, -0.05) is 54.3 Å². The highest BCUT2D eigenvalue weighted by molar-refractivity contribution is 8.26. The number of nitrogens with zero attached hydrogens (tertiary/aromatic N) is 2. The summed E-state index contributed by atoms with van der Waals surface area (Å²) in [6, 6.07) is 8.10. The second-order valence-electron chi connectivity index (χ2n) is 4.74. The highest BCUT2D eigenvalue weighted by atomic mass is 32.2. The van der Waals surface area contributed by atoms with E-state index in [1.165, 1.54) is 11.8 Å². The van der Waals surface area contributed by atoms with Gasteiger partial charge in [-0.25, -0.2) is 0 Å². The molecule has 1 fully saturated rings. The van der Waals surface area contributed by atoms with Crippen LogP contribution in [0.25, 0.3) is 6.08 Å². The summed E-state index contributed by atoms with van der Waals surface area (Å²) in [5, 5.41) is 0. The second-order valence-corrected chi connectivity index (χ2v) is 6.38. The number of amides is 1. The van der Waals surface area contributed by atoms with E-state index in [9.17, 15) is 4.79 Å². The van der Waals surface area contributed by atoms with Crippen molar-refractivity contribution in [1.82, 2.24) is 4.90 Å². The standard InChI is InChI=1S/C16H14N2OS2/c1-3-10-18-15(19)14(21-16(18)20)13-9-8-11-6-4-5-7-12(11)17(13)2/h3-9H,1,10H2,2H3/b14-13-. The van der Waals surface area contributed by atoms with E-state index in [1.807, 2.05) is 42.3 Å². The third-order valence-corrected chi connectivity index (χ3v) is 4.93. The molecule has 0 spiro atoms. The lowest BCUT2D eigenvalue weighted by Crippen LogP contribution is -2.29. The summed E-state index contributed by atoms with van der Waals surface area (Å²) in [6.45, 7) is 4.12. The van der Waals surface area contributed by atoms with E-state index in [0.29, 0.717) is 15.8 Å². The van der Waals surface area contributed by atoms with Crippen LogP contribution in [0.2, 0.25) is 0 Å². The summed E-state index contributed by atoms with van der Waals surface area (Å²) in [6.07, 6.45) is 5.70. The quantitative estimate of drug-likeness (QED) is 0.474. The number of fused-ring (bicyclic) bond motifs is 1. The molecular weight excluding hydrogens is 300 g/mol. The van der Waals surface area contributed by atoms with Crippen LogP contribution in [0.1, 0.15) is 5.56 Å². The van der Waals surface area contributed by atoms with Crippen LogP contribution in [0.4, 0.5) is 5.69 Å². The maximum absolute atomic E-state index is 12.5. The summed E-state index contributed by atoms with van der Waals surface area (Å²) < 4.78 is 0.586. The molecule has 21 heavy (non-hydrogen) atoms. The van der Waals surface area contributed by atoms with Gasteiger partial charge in [0, 0.05) is 19.3 Å². The van der Waals surface area contributed by atoms with Gasteiger partial charge >= 0.3 is 0 Å². The summed E-state index contributed by atoms with van der Waals surface area (Å²) in [5.41, 5.74) is 3.12. The van der Waals surface area contributed by atoms with Crippen molar-refractivity contribution in [2.45, 2.75) is 0 Å². The highest BCUT2D eigenvalue weighted by Crippen LogP contribution is 2.38. The smallest absolute Gasteiger partial charge is 0.268 e. The van der Waals surface area contributed by atoms with Crippen LogP contribution in [0.15, 0.2) is 53.6 Å². The number of carbonyl (C=O) groups excluding carboxylic acids is 1. The molecule has 2 aliphatic heterocycles. The van der Waals surface area contributed by atoms with E-state index in [-0.39, 0.29) is 5.91 Å². The molecule has 0 unspecified atom stereocenters. The van der Waals surface area contributed by atoms with Crippen LogP contribution in [0.5, 0.6) is 0 Å². The van der Waals surface area contributed by atoms with Gasteiger partial charge in [0.15, 0.2) is 0 Å². The van der Waals surface area contributed by atoms with Gasteiger partial charge in [0.25, 0.3) is 5.91 Å². The van der Waals surface area contributed by atoms with Crippen LogP contribution in [-0.4, -0.2) is 28.7 Å². The minimum Gasteiger partial charge on any atom is -0.343 e. The molecule has 0 bridgehead atoms. The highest BCUT2D eigenvalue weighted by Gasteiger charge is 2.34. The lowest BCUT2D eigenvalue weighted by molar-refractivity contribution is -0.121. The Kier molecular flexibility index (Phi) is 3.69. The Morgan fingerprint density at radius 1 is 1.33 bits per heavy atom. The number of thioether (sulfide) groups is 1. The second kappa shape index (κ2) is 5.50. The number of anilines is 1. The average molecular weight is 314 g/mol. The van der Waals surface area contributed by atoms with E-state index in [1.54, 1.807) is 11.0 Å². The predicted molar refractivity (Wildman–Crippen MR) is 93.0 cm³/mol. The SMILES string of the molecule is C=CCN1C(=O)/C(=C2\C=Cc3ccccc3N2C)SC1=S. The summed E-state index contributed by atoms with van der Waals surface area (Å²) in [5.74, 6) is -0.0456. The third-order valence-electron chi connectivity index (χ3n) is 3.47. The number of para-hydroxylation sites is 1. The summed E-state index contributed by atoms with van der Waals surface area (Å²) >= 11 is 6.64. The number of thiocarbonyl (C=S) groups is 1. The van der Waals surface area contributed by atoms with Crippen LogP contribution in [0, 0.1) is 0 Å². The molecule has 5 heteroatoms. The van der Waals surface area contributed by atoms with E-state index >= 15 is 0 Å². The van der Waals surface area contributed by atoms with Crippen molar-refractivity contribution in [1.29, 1.82) is 0 Å². The number of allylic oxidation sites excluding steroid dienone is 1. The normalized spacial score (nSPS) is 21.0. The molecule has 3 rings (SSSR count). The first kappa shape index (κ1) is 14.1. The maximum Gasteiger partial charge on any atom is 0.268 e. The molecule has 1 aromatic rings. The number of rotatable bonds is 2. The fourth-order valence-electron chi connectivity index (χ4n) is 2.41. The van der Waals surface area contributed by atoms with Gasteiger partial charge in [-0.3, -0.25) is 9.69 Å². The largest absolute Gasteiger partial charge is 0.343 e. The van der Waals surface area contributed by atoms with Crippen molar-refractivity contribution in [2.24, 2.45) is 0 Å². The van der Waals surface area contributed by atoms with Gasteiger partial charge in [-0.2, -0.15) is 0 Å². The van der Waals surface area contributed by atoms with Gasteiger partial charge in [-0.15, -0.1) is 6.58 Å². The van der Waals surface area contributed by atoms with Gasteiger partial charge in [0.05, 0.1) is 5.70 Å². The first-order chi connectivity index (χ1) is 10.1. The van der Waals surface area contributed by atoms with Crippen molar-refractivity contribution < 1.29 is 4.79 Å². The zero-order valence-electron chi connectivity index (χ0n) is 11.6. The first-order valence-corrected chi connectivity index (χ1v) is 7.75. The molecule has 1 saturated heterocycles. The minimum absolute atomic E-state index is 0.0456. The Bertz CT molecular complexity index is 706. The molecular formula is C16H14N2OS2. The summed E-state index contributed by atoms with van der Waals surface area (Å²) in [7, 11) is 1.97. The van der Waals surface area contributed by atoms with E-state index in [2.05, 4.69) is 12.6 Å². The van der Waals surface area contributed by atoms with Crippen LogP contribution >= 0.6 is 24.0 Å². The number of carbonyl (C=O) groups is 1. The molecule has 0 aliphatic carbocycles. The number of likely N-dealkylation sites (N-methyl/N-ethyl adjacent to an activating group) is 1. The fraction of sp³-hybridized carbons (Fsp3) is 0.125. The van der Waals surface area contributed by atoms with Crippen LogP contribution in [0.3, 0.4) is 0 Å². The molecule has 1 aromatic carbocycles. The van der Waals surface area contributed by atoms with E-state index in [4.69, 9.17) is 12.2 Å². The van der Waals surface area contributed by atoms with Crippen molar-refractivity contribution in [2.75, 3.05) is 18.5 Å². The van der Waals surface area contributed by atoms with E-state index in [0.717, 1.165) is 16.9 Å². The zero-order valence-corrected chi connectivity index (χ0v) is 13.2. The number of hydrogen-bond donors (Lipinski definition) is 0. The predicted octanol–water partition coefficient (Wildman–Crippen LogP) is 3.41. The van der Waals surface area contributed by atoms with Crippen LogP contribution < -0.4 is 4.90 Å². The minimum atomic E-state index is -0.0456. The first-order valence-electron chi connectivity index (χ1n) is 6.53. The van der Waals surface area contributed by atoms with Crippen molar-refractivity contribution in [3.63, 3.8) is 0 Å². The van der Waals surface area contributed by atoms with Gasteiger partial charge in [-0.05, 0) is 17.7 Å². The van der Waals surface area contributed by atoms with Crippen LogP contribution in [-0.2, 0) is 4.79 Å². The van der Waals surface area contributed by atoms with Gasteiger partial charge in [0.1, 0.15) is 9.23 Å². The summed E-state index contributed by atoms with van der Waals surface area (Å²) in [4.78, 5) is 16.8. The van der Waals surface area contributed by atoms with Crippen molar-refractivity contribution >= 4 is 46.0 Å². The molecule has 106 valence electrons. The molecule has 1 amide bonds. The zero-order chi connectivity index (χ0) is 15.0. The maximum atomic E-state index is 12.5. The van der Waals surface area contributed by atoms with E-state index < -0.39 is 0 Å². The molecule has 2 aliphatic rings. The molecule has 0 aromatic heterocycles. The Morgan fingerprint density at radius 3 is 2.86 bits per heavy atom. The van der Waals surface area contributed by atoms with Gasteiger partial charge in [0.2, 0.25) is 0 Å². The molecule has 0 N–H and O–H groups in total. The van der Waals surface area contributed by atoms with Crippen molar-refractivity contribution in [3.05, 3.63) is 59.2 Å². The average Bonchev–Trinajstić information content (AvgIpc) is 2.76. The Balaban J connectivity index is 2.04. The number of benzene rings is 1. The Hall–Kier alpha value is -1.85. The topological polar surface area (TPSA) is 23.6 Å². The molecule has 0 radical (unpaired) electrons. The molecule has 0 atom stereocenters. The lowest BCUT2D eigenvalue weighted by Gasteiger charge is -2.27. The Morgan fingerprint density at radius 2 is 2.10 bits per heavy atom. The molecule has 3 nitrogen and oxygen atoms in total. The Labute approximate surface area is 133 Å². The third kappa shape index (κ3) is 2.32. The monoisotopic (exact) mass is 314 g/mol. The molecule has 2 heterocycles. The van der Waals surface area contributed by atoms with Gasteiger partial charge < -0.3 is 4.90 Å². The fourth-order valence-corrected chi connectivity index (χ4v) is 3.77. The lowest BCUT2D eigenvalue weighted by atomic mass is 10.1.